The number of carbonyl (C=O) groups is 2. The van der Waals surface area contributed by atoms with Gasteiger partial charge in [-0.25, -0.2) is 9.79 Å². The van der Waals surface area contributed by atoms with Gasteiger partial charge in [-0.2, -0.15) is 0 Å². The molecule has 0 spiro atoms. The third kappa shape index (κ3) is 3.02. The van der Waals surface area contributed by atoms with Crippen LogP contribution in [0, 0.1) is 11.3 Å². The summed E-state index contributed by atoms with van der Waals surface area (Å²) in [6, 6.07) is -0.874. The minimum Gasteiger partial charge on any atom is -0.861 e. The van der Waals surface area contributed by atoms with Crippen LogP contribution in [0.3, 0.4) is 0 Å². The Balaban J connectivity index is 0.00000289. The number of rotatable bonds is 4. The smallest absolute Gasteiger partial charge is 0.861 e. The number of carbonyl (C=O) groups excluding carboxylic acids is 2. The fourth-order valence-electron chi connectivity index (χ4n) is 2.11. The number of urea groups is 1. The van der Waals surface area contributed by atoms with E-state index in [2.05, 4.69) is 16.9 Å². The van der Waals surface area contributed by atoms with E-state index in [0.717, 1.165) is 5.57 Å². The zero-order valence-corrected chi connectivity index (χ0v) is 13.4. The number of amides is 3. The van der Waals surface area contributed by atoms with Crippen molar-refractivity contribution >= 4 is 17.8 Å². The van der Waals surface area contributed by atoms with Crippen molar-refractivity contribution in [2.45, 2.75) is 33.6 Å². The van der Waals surface area contributed by atoms with E-state index in [1.807, 2.05) is 13.8 Å². The van der Waals surface area contributed by atoms with Crippen LogP contribution in [0.25, 0.3) is 0 Å². The van der Waals surface area contributed by atoms with Gasteiger partial charge in [0.15, 0.2) is 0 Å². The molecule has 0 bridgehead atoms. The second-order valence-electron chi connectivity index (χ2n) is 4.59. The second kappa shape index (κ2) is 6.50. The molecule has 1 N–H and O–H groups in total. The van der Waals surface area contributed by atoms with Crippen molar-refractivity contribution in [2.24, 2.45) is 16.3 Å². The van der Waals surface area contributed by atoms with Gasteiger partial charge in [-0.3, -0.25) is 10.1 Å². The summed E-state index contributed by atoms with van der Waals surface area (Å²) in [5.41, 5.74) is -0.549. The Kier molecular flexibility index (Phi) is 6.26. The van der Waals surface area contributed by atoms with E-state index >= 15 is 0 Å². The zero-order valence-electron chi connectivity index (χ0n) is 11.4. The molecule has 0 aromatic rings. The first-order chi connectivity index (χ1) is 7.84. The Labute approximate surface area is 129 Å². The summed E-state index contributed by atoms with van der Waals surface area (Å²) in [7, 11) is 0. The molecule has 1 rings (SSSR count). The number of hydrogen-bond acceptors (Lipinski definition) is 3. The van der Waals surface area contributed by atoms with Gasteiger partial charge < -0.3 is 5.11 Å². The maximum atomic E-state index is 12.0. The van der Waals surface area contributed by atoms with E-state index in [0.29, 0.717) is 6.42 Å². The molecule has 94 valence electrons. The molecule has 2 atom stereocenters. The van der Waals surface area contributed by atoms with Gasteiger partial charge in [0.2, 0.25) is 5.91 Å². The van der Waals surface area contributed by atoms with Gasteiger partial charge in [0, 0.05) is 0 Å². The number of nitrogens with zero attached hydrogens (tertiary/aromatic N) is 1. The Morgan fingerprint density at radius 1 is 1.56 bits per heavy atom. The molecule has 5 nitrogen and oxygen atoms in total. The van der Waals surface area contributed by atoms with Crippen LogP contribution < -0.4 is 40.0 Å². The maximum Gasteiger partial charge on any atom is 1.00 e. The first-order valence-electron chi connectivity index (χ1n) is 5.60. The van der Waals surface area contributed by atoms with Gasteiger partial charge in [-0.05, 0) is 25.2 Å². The van der Waals surface area contributed by atoms with Gasteiger partial charge >= 0.3 is 35.6 Å². The van der Waals surface area contributed by atoms with Gasteiger partial charge in [0.25, 0.3) is 0 Å². The van der Waals surface area contributed by atoms with Crippen molar-refractivity contribution in [1.82, 2.24) is 5.32 Å². The third-order valence-electron chi connectivity index (χ3n) is 3.24. The molecule has 0 radical (unpaired) electrons. The molecule has 0 aliphatic carbocycles. The average molecular weight is 260 g/mol. The first kappa shape index (κ1) is 17.4. The van der Waals surface area contributed by atoms with Crippen LogP contribution in [0.15, 0.2) is 17.1 Å². The summed E-state index contributed by atoms with van der Waals surface area (Å²) >= 11 is 0. The summed E-state index contributed by atoms with van der Waals surface area (Å²) in [4.78, 5) is 26.4. The van der Waals surface area contributed by atoms with Crippen LogP contribution in [0.2, 0.25) is 0 Å². The number of imide groups is 1. The molecule has 0 aromatic heterocycles. The van der Waals surface area contributed by atoms with Gasteiger partial charge in [0.05, 0.1) is 5.41 Å². The molecule has 6 heteroatoms. The summed E-state index contributed by atoms with van der Waals surface area (Å²) in [6.45, 7) is 9.19. The van der Waals surface area contributed by atoms with E-state index in [4.69, 9.17) is 0 Å². The molecule has 0 aromatic carbocycles. The van der Waals surface area contributed by atoms with Gasteiger partial charge in [-0.1, -0.05) is 25.8 Å². The van der Waals surface area contributed by atoms with Crippen LogP contribution >= 0.6 is 0 Å². The van der Waals surface area contributed by atoms with E-state index in [-0.39, 0.29) is 41.9 Å². The monoisotopic (exact) mass is 260 g/mol. The van der Waals surface area contributed by atoms with Gasteiger partial charge in [0.1, 0.15) is 0 Å². The summed E-state index contributed by atoms with van der Waals surface area (Å²) in [6.07, 6.45) is 0.875. The van der Waals surface area contributed by atoms with Crippen LogP contribution in [-0.4, -0.2) is 17.8 Å². The van der Waals surface area contributed by atoms with Crippen molar-refractivity contribution < 1.29 is 44.3 Å². The summed E-state index contributed by atoms with van der Waals surface area (Å²) in [5.74, 6) is -1.40. The fraction of sp³-hybridized carbons (Fsp3) is 0.583. The van der Waals surface area contributed by atoms with E-state index in [1.54, 1.807) is 6.92 Å². The fourth-order valence-corrected chi connectivity index (χ4v) is 2.11. The van der Waals surface area contributed by atoms with Crippen molar-refractivity contribution in [2.75, 3.05) is 0 Å². The molecule has 0 saturated carbocycles. The second-order valence-corrected chi connectivity index (χ2v) is 4.59. The zero-order chi connectivity index (χ0) is 13.2. The number of aliphatic imine (C=N–C) groups is 1. The van der Waals surface area contributed by atoms with Crippen LogP contribution in [0.4, 0.5) is 4.79 Å². The van der Waals surface area contributed by atoms with Crippen molar-refractivity contribution in [1.29, 1.82) is 0 Å². The topological polar surface area (TPSA) is 81.6 Å². The molecule has 0 fully saturated rings. The third-order valence-corrected chi connectivity index (χ3v) is 3.24. The van der Waals surface area contributed by atoms with Crippen molar-refractivity contribution in [3.05, 3.63) is 12.2 Å². The van der Waals surface area contributed by atoms with E-state index in [1.165, 1.54) is 0 Å². The molecule has 1 aliphatic rings. The standard InChI is InChI=1S/C12H18N2O3.Na/c1-5-8(4)12(6-7(2)3)9(15)13-11(17)14-10(12)16;/h8H,2,5-6H2,1,3-4H3,(H2,13,14,15,16,17);/q;+1/p-1. The van der Waals surface area contributed by atoms with Gasteiger partial charge in [-0.15, -0.1) is 6.58 Å². The summed E-state index contributed by atoms with van der Waals surface area (Å²) < 4.78 is 0. The largest absolute Gasteiger partial charge is 1.00 e. The number of allylic oxidation sites excluding steroid dienone is 1. The molecule has 18 heavy (non-hydrogen) atoms. The Bertz CT molecular complexity index is 406. The van der Waals surface area contributed by atoms with E-state index in [9.17, 15) is 14.7 Å². The normalized spacial score (nSPS) is 24.7. The average Bonchev–Trinajstić information content (AvgIpc) is 2.22. The summed E-state index contributed by atoms with van der Waals surface area (Å²) in [5, 5.41) is 14.1. The predicted octanol–water partition coefficient (Wildman–Crippen LogP) is -2.00. The number of hydrogen-bond donors (Lipinski definition) is 1. The SMILES string of the molecule is C=C(C)CC1(C(C)CC)C(=O)NC(=O)N=C1[O-].[Na+]. The Hall–Kier alpha value is -0.650. The van der Waals surface area contributed by atoms with Crippen molar-refractivity contribution in [3.8, 4) is 0 Å². The maximum absolute atomic E-state index is 12.0. The van der Waals surface area contributed by atoms with Crippen LogP contribution in [-0.2, 0) is 4.79 Å². The Morgan fingerprint density at radius 2 is 2.11 bits per heavy atom. The number of nitrogens with one attached hydrogen (secondary N) is 1. The predicted molar refractivity (Wildman–Crippen MR) is 62.3 cm³/mol. The van der Waals surface area contributed by atoms with Crippen LogP contribution in [0.5, 0.6) is 0 Å². The van der Waals surface area contributed by atoms with E-state index < -0.39 is 23.3 Å². The minimum atomic E-state index is -1.27. The molecule has 0 saturated heterocycles. The Morgan fingerprint density at radius 3 is 2.50 bits per heavy atom. The molecule has 1 aliphatic heterocycles. The molecular weight excluding hydrogens is 243 g/mol. The molecular formula is C12H17N2NaO3. The van der Waals surface area contributed by atoms with Crippen LogP contribution in [0.1, 0.15) is 33.6 Å². The molecule has 2 unspecified atom stereocenters. The van der Waals surface area contributed by atoms with Crippen molar-refractivity contribution in [3.63, 3.8) is 0 Å². The first-order valence-corrected chi connectivity index (χ1v) is 5.60. The minimum absolute atomic E-state index is 0. The molecule has 3 amide bonds. The quantitative estimate of drug-likeness (QED) is 0.469. The molecule has 1 heterocycles.